The Morgan fingerprint density at radius 3 is 2.12 bits per heavy atom. The zero-order chi connectivity index (χ0) is 25.5. The molecule has 0 radical (unpaired) electrons. The van der Waals surface area contributed by atoms with Crippen LogP contribution in [0.15, 0.2) is 41.3 Å². The van der Waals surface area contributed by atoms with E-state index in [1.54, 1.807) is 39.0 Å². The lowest BCUT2D eigenvalue weighted by Crippen LogP contribution is -2.40. The number of rotatable bonds is 11. The van der Waals surface area contributed by atoms with Gasteiger partial charge in [0, 0.05) is 17.6 Å². The van der Waals surface area contributed by atoms with Gasteiger partial charge in [-0.3, -0.25) is 4.79 Å². The predicted octanol–water partition coefficient (Wildman–Crippen LogP) is 1.96. The van der Waals surface area contributed by atoms with Gasteiger partial charge in [0.25, 0.3) is 5.91 Å². The van der Waals surface area contributed by atoms with Crippen molar-refractivity contribution in [3.63, 3.8) is 0 Å². The Bertz CT molecular complexity index is 1070. The number of nitrogens with one attached hydrogen (secondary N) is 2. The van der Waals surface area contributed by atoms with Gasteiger partial charge in [0.05, 0.1) is 21.3 Å². The highest BCUT2D eigenvalue weighted by Gasteiger charge is 2.26. The summed E-state index contributed by atoms with van der Waals surface area (Å²) >= 11 is 0. The number of sulfonamides is 1. The molecule has 0 spiro atoms. The van der Waals surface area contributed by atoms with E-state index in [1.807, 2.05) is 0 Å². The summed E-state index contributed by atoms with van der Waals surface area (Å²) in [6.45, 7) is 4.84. The summed E-state index contributed by atoms with van der Waals surface area (Å²) in [7, 11) is 0.366. The predicted molar refractivity (Wildman–Crippen MR) is 126 cm³/mol. The quantitative estimate of drug-likeness (QED) is 0.430. The average molecular weight is 497 g/mol. The maximum atomic E-state index is 12.8. The second kappa shape index (κ2) is 11.4. The van der Waals surface area contributed by atoms with Crippen LogP contribution in [0.5, 0.6) is 23.0 Å². The lowest BCUT2D eigenvalue weighted by molar-refractivity contribution is 0.0833. The van der Waals surface area contributed by atoms with E-state index in [2.05, 4.69) is 10.0 Å². The van der Waals surface area contributed by atoms with Crippen molar-refractivity contribution in [3.8, 4) is 23.0 Å². The van der Waals surface area contributed by atoms with Crippen LogP contribution in [0.2, 0.25) is 0 Å². The monoisotopic (exact) mass is 496 g/mol. The fourth-order valence-corrected chi connectivity index (χ4v) is 4.61. The highest BCUT2D eigenvalue weighted by atomic mass is 32.2. The molecule has 0 saturated heterocycles. The largest absolute Gasteiger partial charge is 0.495 e. The van der Waals surface area contributed by atoms with E-state index in [0.29, 0.717) is 17.2 Å². The summed E-state index contributed by atoms with van der Waals surface area (Å²) in [4.78, 5) is 12.5. The molecule has 0 aliphatic heterocycles. The van der Waals surface area contributed by atoms with Crippen molar-refractivity contribution in [2.75, 3.05) is 34.5 Å². The fraction of sp³-hybridized carbons (Fsp3) is 0.435. The van der Waals surface area contributed by atoms with Crippen molar-refractivity contribution in [2.24, 2.45) is 0 Å². The normalized spacial score (nSPS) is 12.6. The number of aliphatic hydroxyl groups is 1. The summed E-state index contributed by atoms with van der Waals surface area (Å²) in [5.41, 5.74) is -0.634. The zero-order valence-corrected chi connectivity index (χ0v) is 21.0. The number of carbonyl (C=O) groups is 1. The van der Waals surface area contributed by atoms with Crippen molar-refractivity contribution in [3.05, 3.63) is 42.0 Å². The Kier molecular flexibility index (Phi) is 9.14. The van der Waals surface area contributed by atoms with E-state index in [4.69, 9.17) is 18.9 Å². The summed E-state index contributed by atoms with van der Waals surface area (Å²) in [6, 6.07) is 9.19. The first-order valence-electron chi connectivity index (χ1n) is 10.4. The average Bonchev–Trinajstić information content (AvgIpc) is 2.78. The minimum absolute atomic E-state index is 0.0922. The van der Waals surface area contributed by atoms with Crippen molar-refractivity contribution >= 4 is 15.9 Å². The van der Waals surface area contributed by atoms with Crippen molar-refractivity contribution in [1.82, 2.24) is 10.0 Å². The van der Waals surface area contributed by atoms with Gasteiger partial charge in [0.1, 0.15) is 23.4 Å². The molecule has 11 heteroatoms. The molecule has 1 amide bonds. The molecule has 2 rings (SSSR count). The molecule has 0 aromatic heterocycles. The van der Waals surface area contributed by atoms with Gasteiger partial charge in [0.15, 0.2) is 11.5 Å². The maximum Gasteiger partial charge on any atom is 0.251 e. The first kappa shape index (κ1) is 27.2. The van der Waals surface area contributed by atoms with Crippen LogP contribution in [-0.4, -0.2) is 65.6 Å². The van der Waals surface area contributed by atoms with Crippen LogP contribution in [0.1, 0.15) is 31.1 Å². The van der Waals surface area contributed by atoms with Gasteiger partial charge >= 0.3 is 0 Å². The highest BCUT2D eigenvalue weighted by molar-refractivity contribution is 7.89. The summed E-state index contributed by atoms with van der Waals surface area (Å²) < 4.78 is 49.4. The molecule has 0 aliphatic carbocycles. The van der Waals surface area contributed by atoms with Crippen LogP contribution in [0.25, 0.3) is 0 Å². The number of para-hydroxylation sites is 1. The molecular weight excluding hydrogens is 464 g/mol. The Morgan fingerprint density at radius 1 is 1.00 bits per heavy atom. The first-order chi connectivity index (χ1) is 15.9. The summed E-state index contributed by atoms with van der Waals surface area (Å²) in [5, 5.41) is 12.8. The van der Waals surface area contributed by atoms with E-state index in [0.717, 1.165) is 0 Å². The molecule has 3 N–H and O–H groups in total. The Hall–Kier alpha value is -3.02. The molecular formula is C23H32N2O8S. The highest BCUT2D eigenvalue weighted by Crippen LogP contribution is 2.36. The number of methoxy groups -OCH3 is 3. The van der Waals surface area contributed by atoms with E-state index < -0.39 is 27.6 Å². The van der Waals surface area contributed by atoms with Crippen LogP contribution in [-0.2, 0) is 10.0 Å². The van der Waals surface area contributed by atoms with Gasteiger partial charge < -0.3 is 29.4 Å². The van der Waals surface area contributed by atoms with Gasteiger partial charge in [0.2, 0.25) is 15.8 Å². The van der Waals surface area contributed by atoms with E-state index >= 15 is 0 Å². The Morgan fingerprint density at radius 2 is 1.59 bits per heavy atom. The molecule has 0 saturated carbocycles. The number of carbonyl (C=O) groups excluding carboxylic acids is 1. The molecule has 10 nitrogen and oxygen atoms in total. The molecule has 188 valence electrons. The number of hydrogen-bond donors (Lipinski definition) is 3. The third-order valence-electron chi connectivity index (χ3n) is 4.46. The second-order valence-electron chi connectivity index (χ2n) is 8.39. The first-order valence-corrected chi connectivity index (χ1v) is 11.9. The van der Waals surface area contributed by atoms with Crippen LogP contribution >= 0.6 is 0 Å². The SMILES string of the molecule is COc1ccc(C(=O)NCC(O)COc2c(OC)cccc2OC)cc1S(=O)(=O)NC(C)(C)C. The number of ether oxygens (including phenoxy) is 4. The van der Waals surface area contributed by atoms with Crippen molar-refractivity contribution in [1.29, 1.82) is 0 Å². The molecule has 0 fully saturated rings. The molecule has 2 aromatic rings. The third-order valence-corrected chi connectivity index (χ3v) is 6.24. The minimum atomic E-state index is -3.95. The molecule has 1 unspecified atom stereocenters. The maximum absolute atomic E-state index is 12.8. The number of hydrogen-bond acceptors (Lipinski definition) is 8. The van der Waals surface area contributed by atoms with E-state index in [-0.39, 0.29) is 29.4 Å². The smallest absolute Gasteiger partial charge is 0.251 e. The van der Waals surface area contributed by atoms with Crippen LogP contribution in [0, 0.1) is 0 Å². The number of aliphatic hydroxyl groups excluding tert-OH is 1. The second-order valence-corrected chi connectivity index (χ2v) is 10.0. The number of amides is 1. The lowest BCUT2D eigenvalue weighted by Gasteiger charge is -2.21. The minimum Gasteiger partial charge on any atom is -0.495 e. The summed E-state index contributed by atoms with van der Waals surface area (Å²) in [5.74, 6) is 0.739. The van der Waals surface area contributed by atoms with Gasteiger partial charge in [-0.25, -0.2) is 13.1 Å². The van der Waals surface area contributed by atoms with Gasteiger partial charge in [-0.2, -0.15) is 0 Å². The summed E-state index contributed by atoms with van der Waals surface area (Å²) in [6.07, 6.45) is -1.05. The van der Waals surface area contributed by atoms with Crippen LogP contribution in [0.4, 0.5) is 0 Å². The van der Waals surface area contributed by atoms with Gasteiger partial charge in [-0.1, -0.05) is 6.07 Å². The fourth-order valence-electron chi connectivity index (χ4n) is 3.00. The van der Waals surface area contributed by atoms with Crippen molar-refractivity contribution < 1.29 is 37.3 Å². The third kappa shape index (κ3) is 7.24. The molecule has 0 heterocycles. The van der Waals surface area contributed by atoms with E-state index in [1.165, 1.54) is 39.5 Å². The lowest BCUT2D eigenvalue weighted by atomic mass is 10.1. The van der Waals surface area contributed by atoms with Crippen LogP contribution < -0.4 is 29.0 Å². The molecule has 0 bridgehead atoms. The Labute approximate surface area is 200 Å². The molecule has 34 heavy (non-hydrogen) atoms. The molecule has 0 aliphatic rings. The number of benzene rings is 2. The zero-order valence-electron chi connectivity index (χ0n) is 20.2. The topological polar surface area (TPSA) is 132 Å². The van der Waals surface area contributed by atoms with Crippen LogP contribution in [0.3, 0.4) is 0 Å². The van der Waals surface area contributed by atoms with Gasteiger partial charge in [-0.05, 0) is 51.1 Å². The van der Waals surface area contributed by atoms with E-state index in [9.17, 15) is 18.3 Å². The Balaban J connectivity index is 2.08. The molecule has 1 atom stereocenters. The molecule has 2 aromatic carbocycles. The van der Waals surface area contributed by atoms with Crippen molar-refractivity contribution in [2.45, 2.75) is 37.3 Å². The standard InChI is InChI=1S/C23H32N2O8S/c1-23(2,3)25-34(28,29)20-12-15(10-11-17(20)30-4)22(27)24-13-16(26)14-33-21-18(31-5)8-7-9-19(21)32-6/h7-12,16,25-26H,13-14H2,1-6H3,(H,24,27). The van der Waals surface area contributed by atoms with Gasteiger partial charge in [-0.15, -0.1) is 0 Å².